The molecule has 7 heteroatoms. The van der Waals surface area contributed by atoms with E-state index < -0.39 is 0 Å². The number of halogens is 1. The number of phenolic OH excluding ortho intramolecular Hbond substituents is 1. The summed E-state index contributed by atoms with van der Waals surface area (Å²) >= 11 is 1.28. The summed E-state index contributed by atoms with van der Waals surface area (Å²) in [5.74, 6) is 1.40. The number of aromatic nitrogens is 1. The molecular formula is C23H25FN2O3S. The predicted octanol–water partition coefficient (Wildman–Crippen LogP) is 5.02. The van der Waals surface area contributed by atoms with Crippen LogP contribution < -0.4 is 9.88 Å². The molecule has 2 aromatic carbocycles. The number of hydrogen-bond donors (Lipinski definition) is 2. The fourth-order valence-electron chi connectivity index (χ4n) is 3.90. The van der Waals surface area contributed by atoms with Crippen molar-refractivity contribution in [2.24, 2.45) is 5.14 Å². The Labute approximate surface area is 179 Å². The highest BCUT2D eigenvalue weighted by Crippen LogP contribution is 2.42. The molecule has 0 amide bonds. The van der Waals surface area contributed by atoms with Crippen LogP contribution in [0.25, 0.3) is 21.9 Å². The number of benzene rings is 2. The molecule has 0 aliphatic carbocycles. The summed E-state index contributed by atoms with van der Waals surface area (Å²) in [4.78, 5) is 4.94. The number of nitrogens with two attached hydrogens (primary N) is 1. The number of hydrogen-bond acceptors (Lipinski definition) is 6. The molecule has 0 bridgehead atoms. The molecule has 0 atom stereocenters. The smallest absolute Gasteiger partial charge is 0.221 e. The van der Waals surface area contributed by atoms with Crippen LogP contribution in [0.3, 0.4) is 0 Å². The van der Waals surface area contributed by atoms with Crippen LogP contribution in [0.1, 0.15) is 30.9 Å². The van der Waals surface area contributed by atoms with Gasteiger partial charge in [-0.15, -0.1) is 0 Å². The third-order valence-corrected chi connectivity index (χ3v) is 5.89. The van der Waals surface area contributed by atoms with Crippen molar-refractivity contribution >= 4 is 22.7 Å². The van der Waals surface area contributed by atoms with E-state index in [4.69, 9.17) is 19.6 Å². The Morgan fingerprint density at radius 2 is 1.90 bits per heavy atom. The SMILES string of the molecule is NSCCCOc1nc(C2CCOCC2)c(-c2ccc(F)cc2)c2ccc(O)cc12. The molecule has 2 heterocycles. The number of phenols is 1. The number of pyridine rings is 1. The van der Waals surface area contributed by atoms with Crippen LogP contribution in [0.5, 0.6) is 11.6 Å². The molecule has 0 saturated carbocycles. The first kappa shape index (κ1) is 20.9. The lowest BCUT2D eigenvalue weighted by atomic mass is 9.87. The molecule has 0 radical (unpaired) electrons. The molecule has 1 aliphatic rings. The number of nitrogens with zero attached hydrogens (tertiary/aromatic N) is 1. The van der Waals surface area contributed by atoms with Gasteiger partial charge >= 0.3 is 0 Å². The molecular weight excluding hydrogens is 403 g/mol. The zero-order valence-corrected chi connectivity index (χ0v) is 17.5. The van der Waals surface area contributed by atoms with E-state index in [1.54, 1.807) is 24.3 Å². The van der Waals surface area contributed by atoms with Crippen molar-refractivity contribution in [3.05, 3.63) is 54.0 Å². The van der Waals surface area contributed by atoms with Gasteiger partial charge in [0.25, 0.3) is 0 Å². The highest BCUT2D eigenvalue weighted by atomic mass is 32.2. The zero-order valence-electron chi connectivity index (χ0n) is 16.6. The molecule has 5 nitrogen and oxygen atoms in total. The fraction of sp³-hybridized carbons (Fsp3) is 0.348. The lowest BCUT2D eigenvalue weighted by molar-refractivity contribution is 0.0845. The average Bonchev–Trinajstić information content (AvgIpc) is 2.77. The Hall–Kier alpha value is -2.35. The van der Waals surface area contributed by atoms with Crippen molar-refractivity contribution in [2.45, 2.75) is 25.2 Å². The monoisotopic (exact) mass is 428 g/mol. The van der Waals surface area contributed by atoms with Gasteiger partial charge in [0.05, 0.1) is 12.3 Å². The summed E-state index contributed by atoms with van der Waals surface area (Å²) < 4.78 is 25.2. The Morgan fingerprint density at radius 3 is 2.63 bits per heavy atom. The first-order valence-electron chi connectivity index (χ1n) is 10.1. The van der Waals surface area contributed by atoms with Gasteiger partial charge in [-0.2, -0.15) is 0 Å². The highest BCUT2D eigenvalue weighted by Gasteiger charge is 2.25. The van der Waals surface area contributed by atoms with Crippen LogP contribution in [0.2, 0.25) is 0 Å². The second-order valence-corrected chi connectivity index (χ2v) is 8.12. The van der Waals surface area contributed by atoms with Crippen molar-refractivity contribution in [2.75, 3.05) is 25.6 Å². The Bertz CT molecular complexity index is 1010. The van der Waals surface area contributed by atoms with E-state index >= 15 is 0 Å². The van der Waals surface area contributed by atoms with Crippen molar-refractivity contribution in [1.82, 2.24) is 4.98 Å². The summed E-state index contributed by atoms with van der Waals surface area (Å²) in [6.07, 6.45) is 2.54. The van der Waals surface area contributed by atoms with Gasteiger partial charge in [-0.05, 0) is 60.5 Å². The second-order valence-electron chi connectivity index (χ2n) is 7.37. The molecule has 1 fully saturated rings. The van der Waals surface area contributed by atoms with E-state index in [0.717, 1.165) is 52.6 Å². The summed E-state index contributed by atoms with van der Waals surface area (Å²) in [6.45, 7) is 1.87. The maximum Gasteiger partial charge on any atom is 0.221 e. The Balaban J connectivity index is 1.88. The van der Waals surface area contributed by atoms with Crippen LogP contribution in [0.4, 0.5) is 4.39 Å². The molecule has 3 aromatic rings. The molecule has 0 spiro atoms. The minimum absolute atomic E-state index is 0.149. The number of ether oxygens (including phenoxy) is 2. The number of rotatable bonds is 7. The standard InChI is InChI=1S/C23H25FN2O3S/c24-17-4-2-15(3-5-17)21-19-7-6-18(27)14-20(19)23(29-10-1-13-30-25)26-22(21)16-8-11-28-12-9-16/h2-7,14,16,27H,1,8-13,25H2. The second kappa shape index (κ2) is 9.64. The van der Waals surface area contributed by atoms with E-state index in [9.17, 15) is 9.50 Å². The first-order valence-corrected chi connectivity index (χ1v) is 11.2. The molecule has 4 rings (SSSR count). The molecule has 1 aliphatic heterocycles. The Kier molecular flexibility index (Phi) is 6.72. The van der Waals surface area contributed by atoms with E-state index in [-0.39, 0.29) is 17.5 Å². The van der Waals surface area contributed by atoms with Crippen LogP contribution >= 0.6 is 11.9 Å². The topological polar surface area (TPSA) is 77.6 Å². The molecule has 0 unspecified atom stereocenters. The van der Waals surface area contributed by atoms with Gasteiger partial charge in [0.2, 0.25) is 5.88 Å². The zero-order chi connectivity index (χ0) is 20.9. The third-order valence-electron chi connectivity index (χ3n) is 5.37. The van der Waals surface area contributed by atoms with Gasteiger partial charge in [0, 0.05) is 35.8 Å². The van der Waals surface area contributed by atoms with E-state index in [1.165, 1.54) is 24.1 Å². The number of fused-ring (bicyclic) bond motifs is 1. The van der Waals surface area contributed by atoms with Gasteiger partial charge in [-0.1, -0.05) is 24.1 Å². The van der Waals surface area contributed by atoms with Gasteiger partial charge in [-0.25, -0.2) is 9.37 Å². The maximum atomic E-state index is 13.6. The van der Waals surface area contributed by atoms with Crippen LogP contribution in [0.15, 0.2) is 42.5 Å². The normalized spacial score (nSPS) is 14.9. The van der Waals surface area contributed by atoms with Gasteiger partial charge in [-0.3, -0.25) is 5.14 Å². The van der Waals surface area contributed by atoms with E-state index in [0.29, 0.717) is 25.7 Å². The molecule has 1 aromatic heterocycles. The summed E-state index contributed by atoms with van der Waals surface area (Å²) in [7, 11) is 0. The first-order chi connectivity index (χ1) is 14.7. The molecule has 3 N–H and O–H groups in total. The van der Waals surface area contributed by atoms with Gasteiger partial charge in [0.1, 0.15) is 11.6 Å². The van der Waals surface area contributed by atoms with Crippen LogP contribution in [-0.2, 0) is 4.74 Å². The average molecular weight is 429 g/mol. The summed E-state index contributed by atoms with van der Waals surface area (Å²) in [5.41, 5.74) is 2.79. The van der Waals surface area contributed by atoms with Crippen molar-refractivity contribution in [3.63, 3.8) is 0 Å². The van der Waals surface area contributed by atoms with Crippen molar-refractivity contribution < 1.29 is 19.0 Å². The molecule has 1 saturated heterocycles. The maximum absolute atomic E-state index is 13.6. The van der Waals surface area contributed by atoms with Crippen LogP contribution in [0, 0.1) is 5.82 Å². The Morgan fingerprint density at radius 1 is 1.13 bits per heavy atom. The number of aromatic hydroxyl groups is 1. The van der Waals surface area contributed by atoms with Gasteiger partial charge < -0.3 is 14.6 Å². The lowest BCUT2D eigenvalue weighted by Gasteiger charge is -2.26. The van der Waals surface area contributed by atoms with Crippen LogP contribution in [-0.4, -0.2) is 35.7 Å². The molecule has 30 heavy (non-hydrogen) atoms. The minimum Gasteiger partial charge on any atom is -0.508 e. The van der Waals surface area contributed by atoms with E-state index in [1.807, 2.05) is 6.07 Å². The van der Waals surface area contributed by atoms with Crippen molar-refractivity contribution in [3.8, 4) is 22.8 Å². The predicted molar refractivity (Wildman–Crippen MR) is 118 cm³/mol. The van der Waals surface area contributed by atoms with E-state index in [2.05, 4.69) is 0 Å². The third kappa shape index (κ3) is 4.53. The van der Waals surface area contributed by atoms with Gasteiger partial charge in [0.15, 0.2) is 0 Å². The molecule has 158 valence electrons. The summed E-state index contributed by atoms with van der Waals surface area (Å²) in [5, 5.41) is 17.3. The lowest BCUT2D eigenvalue weighted by Crippen LogP contribution is -2.17. The minimum atomic E-state index is -0.279. The van der Waals surface area contributed by atoms with Crippen molar-refractivity contribution in [1.29, 1.82) is 0 Å². The fourth-order valence-corrected chi connectivity index (χ4v) is 4.18. The largest absolute Gasteiger partial charge is 0.508 e. The quantitative estimate of drug-likeness (QED) is 0.407. The highest BCUT2D eigenvalue weighted by molar-refractivity contribution is 7.97. The summed E-state index contributed by atoms with van der Waals surface area (Å²) in [6, 6.07) is 11.7.